The van der Waals surface area contributed by atoms with Crippen LogP contribution in [0.3, 0.4) is 0 Å². The number of hydrogen-bond donors (Lipinski definition) is 3. The van der Waals surface area contributed by atoms with Crippen molar-refractivity contribution in [3.63, 3.8) is 0 Å². The van der Waals surface area contributed by atoms with Crippen molar-refractivity contribution in [2.24, 2.45) is 0 Å². The quantitative estimate of drug-likeness (QED) is 0.705. The van der Waals surface area contributed by atoms with Crippen molar-refractivity contribution in [2.75, 3.05) is 6.54 Å². The van der Waals surface area contributed by atoms with Crippen molar-refractivity contribution in [1.29, 1.82) is 0 Å². The lowest BCUT2D eigenvalue weighted by atomic mass is 10.1. The number of nitrogens with one attached hydrogen (secondary N) is 3. The van der Waals surface area contributed by atoms with Gasteiger partial charge in [-0.05, 0) is 42.0 Å². The SMILES string of the molecule is O=C(Cc1cccc(F)c1)NCC(=O)NNC(=O)c1ccc(Cl)cc1. The van der Waals surface area contributed by atoms with Crippen LogP contribution in [-0.2, 0) is 16.0 Å². The molecule has 2 rings (SSSR count). The standard InChI is InChI=1S/C17H15ClFN3O3/c18-13-6-4-12(5-7-13)17(25)22-21-16(24)10-20-15(23)9-11-2-1-3-14(19)8-11/h1-8H,9-10H2,(H,20,23)(H,21,24)(H,22,25). The molecule has 0 unspecified atom stereocenters. The summed E-state index contributed by atoms with van der Waals surface area (Å²) in [6, 6.07) is 11.7. The van der Waals surface area contributed by atoms with Crippen LogP contribution in [0.1, 0.15) is 15.9 Å². The molecule has 0 bridgehead atoms. The fourth-order valence-corrected chi connectivity index (χ4v) is 2.04. The Kier molecular flexibility index (Phi) is 6.47. The molecule has 0 aliphatic carbocycles. The molecule has 2 aromatic carbocycles. The Labute approximate surface area is 148 Å². The normalized spacial score (nSPS) is 10.0. The number of hydrogen-bond acceptors (Lipinski definition) is 3. The smallest absolute Gasteiger partial charge is 0.269 e. The lowest BCUT2D eigenvalue weighted by Gasteiger charge is -2.08. The number of carbonyl (C=O) groups is 3. The summed E-state index contributed by atoms with van der Waals surface area (Å²) in [6.07, 6.45) is -0.0534. The van der Waals surface area contributed by atoms with E-state index in [0.29, 0.717) is 16.1 Å². The first-order valence-electron chi connectivity index (χ1n) is 7.30. The highest BCUT2D eigenvalue weighted by Crippen LogP contribution is 2.09. The molecular weight excluding hydrogens is 349 g/mol. The second-order valence-corrected chi connectivity index (χ2v) is 5.53. The van der Waals surface area contributed by atoms with Gasteiger partial charge in [-0.25, -0.2) is 4.39 Å². The van der Waals surface area contributed by atoms with Crippen LogP contribution in [0.5, 0.6) is 0 Å². The lowest BCUT2D eigenvalue weighted by Crippen LogP contribution is -2.46. The van der Waals surface area contributed by atoms with E-state index >= 15 is 0 Å². The highest BCUT2D eigenvalue weighted by molar-refractivity contribution is 6.30. The van der Waals surface area contributed by atoms with Crippen LogP contribution >= 0.6 is 11.6 Å². The van der Waals surface area contributed by atoms with Gasteiger partial charge >= 0.3 is 0 Å². The van der Waals surface area contributed by atoms with Gasteiger partial charge in [0.1, 0.15) is 5.82 Å². The number of benzene rings is 2. The van der Waals surface area contributed by atoms with Gasteiger partial charge in [0.05, 0.1) is 13.0 Å². The van der Waals surface area contributed by atoms with Crippen molar-refractivity contribution < 1.29 is 18.8 Å². The predicted octanol–water partition coefficient (Wildman–Crippen LogP) is 1.60. The van der Waals surface area contributed by atoms with Crippen molar-refractivity contribution in [3.8, 4) is 0 Å². The van der Waals surface area contributed by atoms with Crippen LogP contribution in [0.2, 0.25) is 5.02 Å². The van der Waals surface area contributed by atoms with E-state index in [-0.39, 0.29) is 13.0 Å². The van der Waals surface area contributed by atoms with Crippen molar-refractivity contribution in [3.05, 3.63) is 70.5 Å². The molecule has 130 valence electrons. The van der Waals surface area contributed by atoms with E-state index in [9.17, 15) is 18.8 Å². The molecule has 3 N–H and O–H groups in total. The molecule has 0 aliphatic rings. The largest absolute Gasteiger partial charge is 0.347 e. The van der Waals surface area contributed by atoms with E-state index in [2.05, 4.69) is 16.2 Å². The molecule has 0 fully saturated rings. The van der Waals surface area contributed by atoms with Crippen LogP contribution in [-0.4, -0.2) is 24.3 Å². The number of hydrazine groups is 1. The van der Waals surface area contributed by atoms with E-state index in [1.807, 2.05) is 0 Å². The minimum absolute atomic E-state index is 0.0534. The van der Waals surface area contributed by atoms with E-state index in [0.717, 1.165) is 0 Å². The number of halogens is 2. The van der Waals surface area contributed by atoms with Gasteiger partial charge in [-0.3, -0.25) is 25.2 Å². The van der Waals surface area contributed by atoms with Gasteiger partial charge in [0.2, 0.25) is 5.91 Å². The van der Waals surface area contributed by atoms with Gasteiger partial charge in [0.15, 0.2) is 0 Å². The summed E-state index contributed by atoms with van der Waals surface area (Å²) in [5, 5.41) is 2.87. The molecule has 0 aliphatic heterocycles. The van der Waals surface area contributed by atoms with Crippen molar-refractivity contribution >= 4 is 29.3 Å². The average molecular weight is 364 g/mol. The molecule has 0 radical (unpaired) electrons. The Morgan fingerprint density at radius 1 is 0.960 bits per heavy atom. The monoisotopic (exact) mass is 363 g/mol. The van der Waals surface area contributed by atoms with Crippen LogP contribution in [0.25, 0.3) is 0 Å². The highest BCUT2D eigenvalue weighted by atomic mass is 35.5. The highest BCUT2D eigenvalue weighted by Gasteiger charge is 2.09. The zero-order chi connectivity index (χ0) is 18.2. The summed E-state index contributed by atoms with van der Waals surface area (Å²) >= 11 is 5.72. The molecule has 3 amide bonds. The van der Waals surface area contributed by atoms with E-state index in [1.165, 1.54) is 30.3 Å². The van der Waals surface area contributed by atoms with Crippen LogP contribution in [0.15, 0.2) is 48.5 Å². The zero-order valence-corrected chi connectivity index (χ0v) is 13.8. The van der Waals surface area contributed by atoms with Crippen LogP contribution < -0.4 is 16.2 Å². The summed E-state index contributed by atoms with van der Waals surface area (Å²) in [5.74, 6) is -2.00. The van der Waals surface area contributed by atoms with Crippen LogP contribution in [0.4, 0.5) is 4.39 Å². The van der Waals surface area contributed by atoms with E-state index in [4.69, 9.17) is 11.6 Å². The minimum atomic E-state index is -0.602. The van der Waals surface area contributed by atoms with Gasteiger partial charge in [0, 0.05) is 10.6 Å². The Morgan fingerprint density at radius 3 is 2.36 bits per heavy atom. The van der Waals surface area contributed by atoms with Gasteiger partial charge in [0.25, 0.3) is 11.8 Å². The molecular formula is C17H15ClFN3O3. The maximum Gasteiger partial charge on any atom is 0.269 e. The molecule has 0 spiro atoms. The predicted molar refractivity (Wildman–Crippen MR) is 90.2 cm³/mol. The van der Waals surface area contributed by atoms with Crippen molar-refractivity contribution in [1.82, 2.24) is 16.2 Å². The van der Waals surface area contributed by atoms with E-state index in [1.54, 1.807) is 18.2 Å². The molecule has 2 aromatic rings. The lowest BCUT2D eigenvalue weighted by molar-refractivity contribution is -0.126. The van der Waals surface area contributed by atoms with Gasteiger partial charge in [-0.1, -0.05) is 23.7 Å². The summed E-state index contributed by atoms with van der Waals surface area (Å²) in [4.78, 5) is 35.1. The fourth-order valence-electron chi connectivity index (χ4n) is 1.92. The Hall–Kier alpha value is -2.93. The topological polar surface area (TPSA) is 87.3 Å². The molecule has 0 aromatic heterocycles. The number of amides is 3. The van der Waals surface area contributed by atoms with Gasteiger partial charge in [-0.2, -0.15) is 0 Å². The first kappa shape index (κ1) is 18.4. The van der Waals surface area contributed by atoms with E-state index < -0.39 is 23.5 Å². The summed E-state index contributed by atoms with van der Waals surface area (Å²) in [6.45, 7) is -0.324. The number of carbonyl (C=O) groups excluding carboxylic acids is 3. The molecule has 0 saturated carbocycles. The first-order chi connectivity index (χ1) is 11.9. The molecule has 8 heteroatoms. The third-order valence-corrected chi connectivity index (χ3v) is 3.37. The second-order valence-electron chi connectivity index (χ2n) is 5.09. The van der Waals surface area contributed by atoms with Crippen molar-refractivity contribution in [2.45, 2.75) is 6.42 Å². The molecule has 0 atom stereocenters. The molecule has 6 nitrogen and oxygen atoms in total. The van der Waals surface area contributed by atoms with Crippen LogP contribution in [0, 0.1) is 5.82 Å². The summed E-state index contributed by atoms with van der Waals surface area (Å²) in [5.41, 5.74) is 5.21. The van der Waals surface area contributed by atoms with Gasteiger partial charge < -0.3 is 5.32 Å². The molecule has 0 heterocycles. The molecule has 25 heavy (non-hydrogen) atoms. The summed E-state index contributed by atoms with van der Waals surface area (Å²) in [7, 11) is 0. The third-order valence-electron chi connectivity index (χ3n) is 3.12. The molecule has 0 saturated heterocycles. The first-order valence-corrected chi connectivity index (χ1v) is 7.68. The maximum absolute atomic E-state index is 13.0. The number of rotatable bonds is 5. The Morgan fingerprint density at radius 2 is 1.68 bits per heavy atom. The second kappa shape index (κ2) is 8.79. The fraction of sp³-hybridized carbons (Fsp3) is 0.118. The zero-order valence-electron chi connectivity index (χ0n) is 13.0. The van der Waals surface area contributed by atoms with Gasteiger partial charge in [-0.15, -0.1) is 0 Å². The third kappa shape index (κ3) is 6.23. The summed E-state index contributed by atoms with van der Waals surface area (Å²) < 4.78 is 13.0. The average Bonchev–Trinajstić information content (AvgIpc) is 2.58. The maximum atomic E-state index is 13.0. The minimum Gasteiger partial charge on any atom is -0.347 e. The Balaban J connectivity index is 1.72. The Bertz CT molecular complexity index is 781.